The fraction of sp³-hybridized carbons (Fsp3) is 0.273. The minimum atomic E-state index is -0.413. The van der Waals surface area contributed by atoms with Crippen LogP contribution in [0.4, 0.5) is 0 Å². The molecular weight excluding hydrogens is 210 g/mol. The van der Waals surface area contributed by atoms with E-state index in [2.05, 4.69) is 23.4 Å². The molecule has 0 unspecified atom stereocenters. The predicted molar refractivity (Wildman–Crippen MR) is 59.1 cm³/mol. The maximum absolute atomic E-state index is 11.3. The maximum Gasteiger partial charge on any atom is 0.337 e. The monoisotopic (exact) mass is 221 g/mol. The summed E-state index contributed by atoms with van der Waals surface area (Å²) < 4.78 is 4.61. The van der Waals surface area contributed by atoms with Gasteiger partial charge in [0.25, 0.3) is 0 Å². The first-order chi connectivity index (χ1) is 7.13. The highest BCUT2D eigenvalue weighted by Crippen LogP contribution is 2.21. The van der Waals surface area contributed by atoms with Crippen molar-refractivity contribution in [1.82, 2.24) is 0 Å². The summed E-state index contributed by atoms with van der Waals surface area (Å²) in [5.74, 6) is -0.413. The quantitative estimate of drug-likeness (QED) is 0.615. The standard InChI is InChI=1S/C11H11NO2S/c1-3-7-4-8(11(13)14-2)5-10(15)9(7)6-12/h4-5,15H,3H2,1-2H3. The summed E-state index contributed by atoms with van der Waals surface area (Å²) in [6.07, 6.45) is 0.682. The van der Waals surface area contributed by atoms with Gasteiger partial charge in [-0.05, 0) is 24.1 Å². The second-order valence-electron chi connectivity index (χ2n) is 2.99. The molecule has 0 aliphatic rings. The number of carbonyl (C=O) groups excluding carboxylic acids is 1. The van der Waals surface area contributed by atoms with E-state index in [9.17, 15) is 4.79 Å². The number of nitriles is 1. The van der Waals surface area contributed by atoms with Crippen LogP contribution >= 0.6 is 12.6 Å². The first kappa shape index (κ1) is 11.6. The van der Waals surface area contributed by atoms with E-state index in [4.69, 9.17) is 5.26 Å². The summed E-state index contributed by atoms with van der Waals surface area (Å²) in [6, 6.07) is 5.29. The normalized spacial score (nSPS) is 9.47. The van der Waals surface area contributed by atoms with Gasteiger partial charge in [-0.2, -0.15) is 5.26 Å². The largest absolute Gasteiger partial charge is 0.465 e. The van der Waals surface area contributed by atoms with Crippen molar-refractivity contribution in [2.75, 3.05) is 7.11 Å². The van der Waals surface area contributed by atoms with E-state index in [1.54, 1.807) is 12.1 Å². The van der Waals surface area contributed by atoms with E-state index in [-0.39, 0.29) is 0 Å². The van der Waals surface area contributed by atoms with Gasteiger partial charge in [0.2, 0.25) is 0 Å². The molecule has 1 aromatic rings. The minimum absolute atomic E-state index is 0.413. The van der Waals surface area contributed by atoms with E-state index < -0.39 is 5.97 Å². The van der Waals surface area contributed by atoms with Gasteiger partial charge in [-0.15, -0.1) is 12.6 Å². The van der Waals surface area contributed by atoms with Crippen LogP contribution in [0.2, 0.25) is 0 Å². The van der Waals surface area contributed by atoms with Gasteiger partial charge < -0.3 is 4.74 Å². The zero-order chi connectivity index (χ0) is 11.4. The molecule has 0 saturated heterocycles. The van der Waals surface area contributed by atoms with Gasteiger partial charge >= 0.3 is 5.97 Å². The van der Waals surface area contributed by atoms with Gasteiger partial charge in [0.1, 0.15) is 6.07 Å². The van der Waals surface area contributed by atoms with Gasteiger partial charge in [-0.3, -0.25) is 0 Å². The third-order valence-electron chi connectivity index (χ3n) is 2.11. The Morgan fingerprint density at radius 2 is 2.27 bits per heavy atom. The average Bonchev–Trinajstić information content (AvgIpc) is 2.26. The fourth-order valence-electron chi connectivity index (χ4n) is 1.33. The fourth-order valence-corrected chi connectivity index (χ4v) is 1.66. The number of esters is 1. The van der Waals surface area contributed by atoms with Crippen molar-refractivity contribution in [3.8, 4) is 6.07 Å². The van der Waals surface area contributed by atoms with Gasteiger partial charge in [-0.1, -0.05) is 6.92 Å². The molecule has 0 heterocycles. The lowest BCUT2D eigenvalue weighted by Crippen LogP contribution is -2.03. The zero-order valence-corrected chi connectivity index (χ0v) is 9.47. The molecule has 0 N–H and O–H groups in total. The summed E-state index contributed by atoms with van der Waals surface area (Å²) in [5.41, 5.74) is 1.76. The topological polar surface area (TPSA) is 50.1 Å². The second kappa shape index (κ2) is 4.85. The van der Waals surface area contributed by atoms with Crippen LogP contribution in [0.1, 0.15) is 28.4 Å². The first-order valence-corrected chi connectivity index (χ1v) is 4.93. The lowest BCUT2D eigenvalue weighted by atomic mass is 10.0. The number of rotatable bonds is 2. The molecule has 0 amide bonds. The van der Waals surface area contributed by atoms with Crippen molar-refractivity contribution < 1.29 is 9.53 Å². The number of ether oxygens (including phenoxy) is 1. The van der Waals surface area contributed by atoms with Crippen LogP contribution in [0.15, 0.2) is 17.0 Å². The Kier molecular flexibility index (Phi) is 3.75. The van der Waals surface area contributed by atoms with Crippen LogP contribution in [0.5, 0.6) is 0 Å². The Morgan fingerprint density at radius 1 is 1.60 bits per heavy atom. The van der Waals surface area contributed by atoms with Gasteiger partial charge in [-0.25, -0.2) is 4.79 Å². The molecule has 1 rings (SSSR count). The summed E-state index contributed by atoms with van der Waals surface area (Å²) in [7, 11) is 1.32. The SMILES string of the molecule is CCc1cc(C(=O)OC)cc(S)c1C#N. The molecule has 0 saturated carbocycles. The molecule has 0 aromatic heterocycles. The number of hydrogen-bond acceptors (Lipinski definition) is 4. The number of nitrogens with zero attached hydrogens (tertiary/aromatic N) is 1. The Bertz CT molecular complexity index is 435. The summed E-state index contributed by atoms with van der Waals surface area (Å²) >= 11 is 4.17. The number of benzene rings is 1. The van der Waals surface area contributed by atoms with Gasteiger partial charge in [0, 0.05) is 4.90 Å². The molecule has 0 atom stereocenters. The minimum Gasteiger partial charge on any atom is -0.465 e. The first-order valence-electron chi connectivity index (χ1n) is 4.48. The molecule has 15 heavy (non-hydrogen) atoms. The van der Waals surface area contributed by atoms with Crippen LogP contribution in [-0.2, 0) is 11.2 Å². The highest BCUT2D eigenvalue weighted by atomic mass is 32.1. The van der Waals surface area contributed by atoms with Crippen molar-refractivity contribution in [2.24, 2.45) is 0 Å². The molecule has 0 bridgehead atoms. The lowest BCUT2D eigenvalue weighted by molar-refractivity contribution is 0.0600. The lowest BCUT2D eigenvalue weighted by Gasteiger charge is -2.06. The van der Waals surface area contributed by atoms with Crippen LogP contribution < -0.4 is 0 Å². The Morgan fingerprint density at radius 3 is 2.73 bits per heavy atom. The van der Waals surface area contributed by atoms with Crippen molar-refractivity contribution in [2.45, 2.75) is 18.2 Å². The highest BCUT2D eigenvalue weighted by Gasteiger charge is 2.12. The van der Waals surface area contributed by atoms with E-state index in [0.717, 1.165) is 5.56 Å². The Labute approximate surface area is 94.1 Å². The molecule has 0 spiro atoms. The van der Waals surface area contributed by atoms with Crippen molar-refractivity contribution in [1.29, 1.82) is 5.26 Å². The average molecular weight is 221 g/mol. The van der Waals surface area contributed by atoms with E-state index in [1.807, 2.05) is 6.92 Å². The van der Waals surface area contributed by atoms with E-state index >= 15 is 0 Å². The third-order valence-corrected chi connectivity index (χ3v) is 2.47. The number of thiol groups is 1. The second-order valence-corrected chi connectivity index (χ2v) is 3.47. The van der Waals surface area contributed by atoms with Crippen molar-refractivity contribution in [3.05, 3.63) is 28.8 Å². The van der Waals surface area contributed by atoms with E-state index in [1.165, 1.54) is 7.11 Å². The molecule has 78 valence electrons. The zero-order valence-electron chi connectivity index (χ0n) is 8.57. The molecule has 4 heteroatoms. The molecule has 0 aliphatic carbocycles. The van der Waals surface area contributed by atoms with Crippen LogP contribution in [-0.4, -0.2) is 13.1 Å². The van der Waals surface area contributed by atoms with E-state index in [0.29, 0.717) is 22.4 Å². The maximum atomic E-state index is 11.3. The number of aryl methyl sites for hydroxylation is 1. The summed E-state index contributed by atoms with van der Waals surface area (Å²) in [6.45, 7) is 1.92. The Balaban J connectivity index is 3.33. The molecule has 3 nitrogen and oxygen atoms in total. The molecular formula is C11H11NO2S. The molecule has 0 fully saturated rings. The molecule has 0 aliphatic heterocycles. The van der Waals surface area contributed by atoms with Gasteiger partial charge in [0.05, 0.1) is 18.2 Å². The molecule has 1 aromatic carbocycles. The van der Waals surface area contributed by atoms with Crippen LogP contribution in [0, 0.1) is 11.3 Å². The smallest absolute Gasteiger partial charge is 0.337 e. The Hall–Kier alpha value is -1.47. The van der Waals surface area contributed by atoms with Crippen molar-refractivity contribution in [3.63, 3.8) is 0 Å². The number of hydrogen-bond donors (Lipinski definition) is 1. The van der Waals surface area contributed by atoms with Crippen LogP contribution in [0.25, 0.3) is 0 Å². The van der Waals surface area contributed by atoms with Crippen molar-refractivity contribution >= 4 is 18.6 Å². The highest BCUT2D eigenvalue weighted by molar-refractivity contribution is 7.80. The number of carbonyl (C=O) groups is 1. The van der Waals surface area contributed by atoms with Crippen LogP contribution in [0.3, 0.4) is 0 Å². The predicted octanol–water partition coefficient (Wildman–Crippen LogP) is 2.20. The third kappa shape index (κ3) is 2.31. The van der Waals surface area contributed by atoms with Gasteiger partial charge in [0.15, 0.2) is 0 Å². The summed E-state index contributed by atoms with van der Waals surface area (Å²) in [5, 5.41) is 8.90. The summed E-state index contributed by atoms with van der Waals surface area (Å²) in [4.78, 5) is 11.8. The number of methoxy groups -OCH3 is 1. The molecule has 0 radical (unpaired) electrons.